The van der Waals surface area contributed by atoms with Crippen LogP contribution in [-0.2, 0) is 13.2 Å². The fraction of sp³-hybridized carbons (Fsp3) is 0.286. The molecule has 2 rings (SSSR count). The molecule has 2 aromatic rings. The lowest BCUT2D eigenvalue weighted by Crippen LogP contribution is -2.04. The Morgan fingerprint density at radius 1 is 1.37 bits per heavy atom. The van der Waals surface area contributed by atoms with Gasteiger partial charge in [0.2, 0.25) is 0 Å². The maximum Gasteiger partial charge on any atom is 0.253 e. The first kappa shape index (κ1) is 13.0. The van der Waals surface area contributed by atoms with Gasteiger partial charge in [-0.25, -0.2) is 4.68 Å². The van der Waals surface area contributed by atoms with Crippen molar-refractivity contribution < 1.29 is 4.74 Å². The van der Waals surface area contributed by atoms with Crippen LogP contribution in [-0.4, -0.2) is 9.78 Å². The first-order chi connectivity index (χ1) is 9.26. The summed E-state index contributed by atoms with van der Waals surface area (Å²) in [6, 6.07) is 11.8. The largest absolute Gasteiger partial charge is 0.471 e. The summed E-state index contributed by atoms with van der Waals surface area (Å²) < 4.78 is 7.20. The van der Waals surface area contributed by atoms with Crippen molar-refractivity contribution in [1.29, 1.82) is 5.26 Å². The van der Waals surface area contributed by atoms with Gasteiger partial charge >= 0.3 is 0 Å². The van der Waals surface area contributed by atoms with Gasteiger partial charge in [0, 0.05) is 6.54 Å². The molecule has 0 aliphatic rings. The lowest BCUT2D eigenvalue weighted by molar-refractivity contribution is 0.288. The average molecular weight is 256 g/mol. The number of aromatic nitrogens is 2. The molecule has 0 saturated heterocycles. The molecule has 19 heavy (non-hydrogen) atoms. The molecule has 0 spiro atoms. The van der Waals surface area contributed by atoms with E-state index in [1.54, 1.807) is 4.68 Å². The lowest BCUT2D eigenvalue weighted by atomic mass is 10.2. The molecular formula is C14H16N4O. The van der Waals surface area contributed by atoms with E-state index in [1.165, 1.54) is 0 Å². The second kappa shape index (κ2) is 5.91. The summed E-state index contributed by atoms with van der Waals surface area (Å²) in [4.78, 5) is 0. The summed E-state index contributed by atoms with van der Waals surface area (Å²) >= 11 is 0. The van der Waals surface area contributed by atoms with Crippen molar-refractivity contribution in [2.45, 2.75) is 26.5 Å². The molecule has 0 atom stereocenters. The van der Waals surface area contributed by atoms with Crippen molar-refractivity contribution in [2.24, 2.45) is 0 Å². The smallest absolute Gasteiger partial charge is 0.253 e. The molecule has 1 aromatic carbocycles. The second-order valence-corrected chi connectivity index (χ2v) is 4.17. The number of hydrogen-bond acceptors (Lipinski definition) is 4. The van der Waals surface area contributed by atoms with Gasteiger partial charge in [0.05, 0.1) is 0 Å². The van der Waals surface area contributed by atoms with Crippen LogP contribution in [0.15, 0.2) is 30.3 Å². The van der Waals surface area contributed by atoms with Gasteiger partial charge in [0.25, 0.3) is 5.88 Å². The zero-order chi connectivity index (χ0) is 13.7. The Morgan fingerprint density at radius 3 is 2.74 bits per heavy atom. The summed E-state index contributed by atoms with van der Waals surface area (Å²) in [7, 11) is 0. The van der Waals surface area contributed by atoms with Gasteiger partial charge in [0.15, 0.2) is 5.56 Å². The van der Waals surface area contributed by atoms with Crippen LogP contribution in [0.5, 0.6) is 5.88 Å². The minimum absolute atomic E-state index is 0.303. The third-order valence-corrected chi connectivity index (χ3v) is 2.73. The quantitative estimate of drug-likeness (QED) is 0.890. The topological polar surface area (TPSA) is 76.9 Å². The molecule has 0 amide bonds. The summed E-state index contributed by atoms with van der Waals surface area (Å²) in [6.07, 6.45) is 0.898. The van der Waals surface area contributed by atoms with Gasteiger partial charge in [-0.2, -0.15) is 5.26 Å². The monoisotopic (exact) mass is 256 g/mol. The van der Waals surface area contributed by atoms with E-state index in [-0.39, 0.29) is 0 Å². The molecule has 98 valence electrons. The fourth-order valence-electron chi connectivity index (χ4n) is 1.77. The van der Waals surface area contributed by atoms with E-state index >= 15 is 0 Å². The van der Waals surface area contributed by atoms with Crippen molar-refractivity contribution >= 4 is 5.82 Å². The number of rotatable bonds is 5. The molecule has 0 radical (unpaired) electrons. The van der Waals surface area contributed by atoms with Crippen molar-refractivity contribution in [3.05, 3.63) is 41.5 Å². The Morgan fingerprint density at radius 2 is 2.11 bits per heavy atom. The van der Waals surface area contributed by atoms with Crippen LogP contribution in [0.25, 0.3) is 0 Å². The molecule has 0 aliphatic carbocycles. The molecule has 0 unspecified atom stereocenters. The molecule has 1 aromatic heterocycles. The Bertz CT molecular complexity index is 583. The summed E-state index contributed by atoms with van der Waals surface area (Å²) in [5.74, 6) is 0.671. The van der Waals surface area contributed by atoms with Crippen LogP contribution in [0.4, 0.5) is 5.82 Å². The van der Waals surface area contributed by atoms with Gasteiger partial charge in [0.1, 0.15) is 18.5 Å². The molecule has 5 heteroatoms. The molecule has 0 bridgehead atoms. The number of anilines is 1. The van der Waals surface area contributed by atoms with Crippen molar-refractivity contribution in [1.82, 2.24) is 9.78 Å². The van der Waals surface area contributed by atoms with E-state index in [0.29, 0.717) is 30.4 Å². The van der Waals surface area contributed by atoms with Gasteiger partial charge < -0.3 is 10.5 Å². The minimum Gasteiger partial charge on any atom is -0.471 e. The maximum atomic E-state index is 9.11. The number of nitrogens with zero attached hydrogens (tertiary/aromatic N) is 3. The van der Waals surface area contributed by atoms with Gasteiger partial charge in [-0.15, -0.1) is 5.10 Å². The molecular weight excluding hydrogens is 240 g/mol. The van der Waals surface area contributed by atoms with Crippen molar-refractivity contribution in [2.75, 3.05) is 5.73 Å². The second-order valence-electron chi connectivity index (χ2n) is 4.17. The van der Waals surface area contributed by atoms with Gasteiger partial charge in [-0.05, 0) is 12.0 Å². The Balaban J connectivity index is 2.16. The van der Waals surface area contributed by atoms with Crippen LogP contribution in [0, 0.1) is 11.3 Å². The normalized spacial score (nSPS) is 10.1. The molecule has 0 fully saturated rings. The average Bonchev–Trinajstić information content (AvgIpc) is 2.74. The predicted octanol–water partition coefficient (Wildman–Crippen LogP) is 2.33. The predicted molar refractivity (Wildman–Crippen MR) is 72.4 cm³/mol. The van der Waals surface area contributed by atoms with Crippen LogP contribution < -0.4 is 10.5 Å². The van der Waals surface area contributed by atoms with Crippen LogP contribution in [0.3, 0.4) is 0 Å². The van der Waals surface area contributed by atoms with E-state index in [9.17, 15) is 0 Å². The Labute approximate surface area is 112 Å². The third kappa shape index (κ3) is 2.86. The summed E-state index contributed by atoms with van der Waals surface area (Å²) in [6.45, 7) is 3.07. The van der Waals surface area contributed by atoms with Crippen LogP contribution in [0.1, 0.15) is 24.5 Å². The number of benzene rings is 1. The minimum atomic E-state index is 0.303. The van der Waals surface area contributed by atoms with Crippen molar-refractivity contribution in [3.8, 4) is 11.9 Å². The Hall–Kier alpha value is -2.48. The van der Waals surface area contributed by atoms with Crippen LogP contribution >= 0.6 is 0 Å². The highest BCUT2D eigenvalue weighted by atomic mass is 16.5. The SMILES string of the molecule is CCCn1nc(OCc2ccccc2)c(C#N)c1N. The highest BCUT2D eigenvalue weighted by molar-refractivity contribution is 5.55. The maximum absolute atomic E-state index is 9.11. The van der Waals surface area contributed by atoms with E-state index in [0.717, 1.165) is 12.0 Å². The lowest BCUT2D eigenvalue weighted by Gasteiger charge is -2.02. The number of aryl methyl sites for hydroxylation is 1. The van der Waals surface area contributed by atoms with E-state index in [4.69, 9.17) is 15.7 Å². The number of nitrogen functional groups attached to an aromatic ring is 1. The van der Waals surface area contributed by atoms with E-state index in [2.05, 4.69) is 5.10 Å². The van der Waals surface area contributed by atoms with Crippen molar-refractivity contribution in [3.63, 3.8) is 0 Å². The standard InChI is InChI=1S/C14H16N4O/c1-2-8-18-13(16)12(9-15)14(17-18)19-10-11-6-4-3-5-7-11/h3-7H,2,8,10,16H2,1H3. The molecule has 1 heterocycles. The first-order valence-electron chi connectivity index (χ1n) is 6.19. The molecule has 0 saturated carbocycles. The van der Waals surface area contributed by atoms with Crippen LogP contribution in [0.2, 0.25) is 0 Å². The highest BCUT2D eigenvalue weighted by Crippen LogP contribution is 2.23. The number of nitriles is 1. The summed E-state index contributed by atoms with van der Waals surface area (Å²) in [5, 5.41) is 13.3. The molecule has 5 nitrogen and oxygen atoms in total. The first-order valence-corrected chi connectivity index (χ1v) is 6.19. The molecule has 0 aliphatic heterocycles. The molecule has 2 N–H and O–H groups in total. The third-order valence-electron chi connectivity index (χ3n) is 2.73. The van der Waals surface area contributed by atoms with E-state index in [1.807, 2.05) is 43.3 Å². The summed E-state index contributed by atoms with van der Waals surface area (Å²) in [5.41, 5.74) is 7.20. The zero-order valence-electron chi connectivity index (χ0n) is 10.8. The number of hydrogen-bond donors (Lipinski definition) is 1. The van der Waals surface area contributed by atoms with Gasteiger partial charge in [-0.3, -0.25) is 0 Å². The zero-order valence-corrected chi connectivity index (χ0v) is 10.8. The number of ether oxygens (including phenoxy) is 1. The highest BCUT2D eigenvalue weighted by Gasteiger charge is 2.16. The van der Waals surface area contributed by atoms with E-state index < -0.39 is 0 Å². The Kier molecular flexibility index (Phi) is 4.04. The van der Waals surface area contributed by atoms with Gasteiger partial charge in [-0.1, -0.05) is 37.3 Å². The number of nitrogens with two attached hydrogens (primary N) is 1. The fourth-order valence-corrected chi connectivity index (χ4v) is 1.77.